The van der Waals surface area contributed by atoms with E-state index >= 15 is 0 Å². The van der Waals surface area contributed by atoms with Crippen LogP contribution < -0.4 is 0 Å². The maximum atomic E-state index is 11.0. The zero-order valence-corrected chi connectivity index (χ0v) is 15.6. The molecule has 0 aliphatic carbocycles. The van der Waals surface area contributed by atoms with E-state index in [0.29, 0.717) is 0 Å². The Morgan fingerprint density at radius 2 is 1.26 bits per heavy atom. The molecule has 0 heterocycles. The van der Waals surface area contributed by atoms with Crippen molar-refractivity contribution >= 4 is 62.5 Å². The maximum Gasteiger partial charge on any atom is 0.211 e. The van der Waals surface area contributed by atoms with Crippen LogP contribution in [0.25, 0.3) is 0 Å². The first-order valence-corrected chi connectivity index (χ1v) is 14.2. The molecule has 7 heteroatoms. The van der Waals surface area contributed by atoms with Gasteiger partial charge in [0.05, 0.1) is 0 Å². The third-order valence-corrected chi connectivity index (χ3v) is 13.8. The van der Waals surface area contributed by atoms with Crippen molar-refractivity contribution in [2.24, 2.45) is 0 Å². The summed E-state index contributed by atoms with van der Waals surface area (Å²) in [5.41, 5.74) is 0. The van der Waals surface area contributed by atoms with Gasteiger partial charge < -0.3 is 0 Å². The molecule has 0 unspecified atom stereocenters. The Labute approximate surface area is 133 Å². The van der Waals surface area contributed by atoms with Crippen molar-refractivity contribution in [2.75, 3.05) is 23.0 Å². The first-order chi connectivity index (χ1) is 8.91. The van der Waals surface area contributed by atoms with Gasteiger partial charge in [-0.2, -0.15) is 22.4 Å². The number of hydrogen-bond donors (Lipinski definition) is 0. The van der Waals surface area contributed by atoms with Gasteiger partial charge in [0, 0.05) is 11.5 Å². The topological polar surface area (TPSA) is 34.1 Å². The molecule has 0 rings (SSSR count). The lowest BCUT2D eigenvalue weighted by molar-refractivity contribution is -0.107. The molecule has 2 nitrogen and oxygen atoms in total. The van der Waals surface area contributed by atoms with Crippen LogP contribution in [0.5, 0.6) is 0 Å². The molecule has 0 bridgehead atoms. The Hall–Kier alpha value is 0.437. The predicted molar refractivity (Wildman–Crippen MR) is 97.7 cm³/mol. The van der Waals surface area contributed by atoms with Crippen LogP contribution in [0.2, 0.25) is 13.1 Å². The third kappa shape index (κ3) is 11.9. The lowest BCUT2D eigenvalue weighted by atomic mass is 10.7. The molecule has 0 aliphatic heterocycles. The standard InChI is InChI=1S/C12H20O2S4Si/c1-5-11(13)15-7-9-17-19(3,4)18-10-8-16-12(14)6-2/h5-6H,1-2,7-10H2,3-4H3. The molecule has 0 atom stereocenters. The molecule has 0 radical (unpaired) electrons. The van der Waals surface area contributed by atoms with Crippen molar-refractivity contribution in [1.82, 2.24) is 0 Å². The van der Waals surface area contributed by atoms with E-state index in [1.54, 1.807) is 0 Å². The van der Waals surface area contributed by atoms with Crippen molar-refractivity contribution in [3.05, 3.63) is 25.3 Å². The van der Waals surface area contributed by atoms with Crippen LogP contribution in [-0.4, -0.2) is 39.6 Å². The number of thioether (sulfide) groups is 2. The summed E-state index contributed by atoms with van der Waals surface area (Å²) in [5, 5.41) is 0.0964. The minimum atomic E-state index is -1.34. The minimum Gasteiger partial charge on any atom is -0.282 e. The van der Waals surface area contributed by atoms with E-state index in [1.807, 2.05) is 22.4 Å². The van der Waals surface area contributed by atoms with Gasteiger partial charge in [-0.25, -0.2) is 0 Å². The zero-order chi connectivity index (χ0) is 14.7. The van der Waals surface area contributed by atoms with Crippen LogP contribution >= 0.6 is 45.9 Å². The second-order valence-corrected chi connectivity index (χ2v) is 18.9. The summed E-state index contributed by atoms with van der Waals surface area (Å²) in [7, 11) is 0. The highest BCUT2D eigenvalue weighted by Crippen LogP contribution is 2.32. The fourth-order valence-corrected chi connectivity index (χ4v) is 11.0. The van der Waals surface area contributed by atoms with Gasteiger partial charge in [0.2, 0.25) is 10.2 Å². The molecule has 0 aromatic carbocycles. The normalized spacial score (nSPS) is 11.1. The molecular weight excluding hydrogens is 332 g/mol. The summed E-state index contributed by atoms with van der Waals surface area (Å²) in [4.78, 5) is 22.1. The quantitative estimate of drug-likeness (QED) is 0.335. The van der Waals surface area contributed by atoms with Gasteiger partial charge >= 0.3 is 0 Å². The third-order valence-electron chi connectivity index (χ3n) is 1.89. The van der Waals surface area contributed by atoms with E-state index in [-0.39, 0.29) is 10.2 Å². The number of carbonyl (C=O) groups excluding carboxylic acids is 2. The average Bonchev–Trinajstić information content (AvgIpc) is 2.39. The van der Waals surface area contributed by atoms with E-state index in [1.165, 1.54) is 35.7 Å². The molecule has 0 N–H and O–H groups in total. The van der Waals surface area contributed by atoms with Gasteiger partial charge in [-0.1, -0.05) is 49.8 Å². The van der Waals surface area contributed by atoms with Crippen LogP contribution in [0.15, 0.2) is 25.3 Å². The van der Waals surface area contributed by atoms with Gasteiger partial charge in [-0.3, -0.25) is 9.59 Å². The average molecular weight is 353 g/mol. The highest BCUT2D eigenvalue weighted by Gasteiger charge is 2.21. The summed E-state index contributed by atoms with van der Waals surface area (Å²) in [6.45, 7) is 11.5. The first-order valence-electron chi connectivity index (χ1n) is 5.77. The smallest absolute Gasteiger partial charge is 0.211 e. The second-order valence-electron chi connectivity index (χ2n) is 3.84. The minimum absolute atomic E-state index is 0.0482. The van der Waals surface area contributed by atoms with E-state index in [9.17, 15) is 9.59 Å². The molecule has 0 aromatic heterocycles. The highest BCUT2D eigenvalue weighted by atomic mass is 32.6. The molecule has 0 fully saturated rings. The molecule has 0 amide bonds. The number of carbonyl (C=O) groups is 2. The molecule has 0 aromatic rings. The molecular formula is C12H20O2S4Si. The Balaban J connectivity index is 3.67. The number of rotatable bonds is 10. The van der Waals surface area contributed by atoms with Crippen LogP contribution in [0.3, 0.4) is 0 Å². The van der Waals surface area contributed by atoms with Crippen LogP contribution in [0.1, 0.15) is 0 Å². The monoisotopic (exact) mass is 352 g/mol. The Morgan fingerprint density at radius 1 is 0.895 bits per heavy atom. The van der Waals surface area contributed by atoms with Crippen molar-refractivity contribution in [3.8, 4) is 0 Å². The van der Waals surface area contributed by atoms with Gasteiger partial charge in [0.1, 0.15) is 0 Å². The van der Waals surface area contributed by atoms with E-state index < -0.39 is 6.37 Å². The Morgan fingerprint density at radius 3 is 1.58 bits per heavy atom. The van der Waals surface area contributed by atoms with E-state index in [4.69, 9.17) is 0 Å². The summed E-state index contributed by atoms with van der Waals surface area (Å²) >= 11 is 6.61. The van der Waals surface area contributed by atoms with Crippen molar-refractivity contribution in [3.63, 3.8) is 0 Å². The predicted octanol–water partition coefficient (Wildman–Crippen LogP) is 4.05. The molecule has 0 saturated carbocycles. The van der Waals surface area contributed by atoms with Crippen molar-refractivity contribution in [1.29, 1.82) is 0 Å². The Bertz CT molecular complexity index is 302. The van der Waals surface area contributed by atoms with Gasteiger partial charge in [0.15, 0.2) is 6.37 Å². The van der Waals surface area contributed by atoms with Gasteiger partial charge in [-0.15, -0.1) is 0 Å². The second kappa shape index (κ2) is 11.1. The first kappa shape index (κ1) is 19.4. The molecule has 19 heavy (non-hydrogen) atoms. The van der Waals surface area contributed by atoms with Crippen LogP contribution in [0.4, 0.5) is 0 Å². The molecule has 0 spiro atoms. The molecule has 0 aliphatic rings. The van der Waals surface area contributed by atoms with Gasteiger partial charge in [-0.05, 0) is 23.7 Å². The fourth-order valence-electron chi connectivity index (χ4n) is 1.02. The highest BCUT2D eigenvalue weighted by molar-refractivity contribution is 8.58. The largest absolute Gasteiger partial charge is 0.282 e. The SMILES string of the molecule is C=CC(=O)SCCS[Si](C)(C)SCCSC(=O)C=C. The molecule has 0 saturated heterocycles. The van der Waals surface area contributed by atoms with E-state index in [0.717, 1.165) is 23.0 Å². The number of hydrogen-bond acceptors (Lipinski definition) is 6. The summed E-state index contributed by atoms with van der Waals surface area (Å²) in [6, 6.07) is 0. The lowest BCUT2D eigenvalue weighted by Crippen LogP contribution is -2.18. The van der Waals surface area contributed by atoms with E-state index in [2.05, 4.69) is 26.3 Å². The van der Waals surface area contributed by atoms with Crippen molar-refractivity contribution < 1.29 is 9.59 Å². The maximum absolute atomic E-state index is 11.0. The van der Waals surface area contributed by atoms with Crippen LogP contribution in [-0.2, 0) is 9.59 Å². The van der Waals surface area contributed by atoms with Gasteiger partial charge in [0.25, 0.3) is 0 Å². The fraction of sp³-hybridized carbons (Fsp3) is 0.500. The van der Waals surface area contributed by atoms with Crippen LogP contribution in [0, 0.1) is 0 Å². The zero-order valence-electron chi connectivity index (χ0n) is 11.3. The molecule has 108 valence electrons. The lowest BCUT2D eigenvalue weighted by Gasteiger charge is -2.20. The van der Waals surface area contributed by atoms with Crippen molar-refractivity contribution in [2.45, 2.75) is 13.1 Å². The Kier molecular flexibility index (Phi) is 11.4. The summed E-state index contributed by atoms with van der Waals surface area (Å²) < 4.78 is 0. The summed E-state index contributed by atoms with van der Waals surface area (Å²) in [6.07, 6.45) is 1.39. The summed E-state index contributed by atoms with van der Waals surface area (Å²) in [5.74, 6) is 3.68.